The molecule has 1 aliphatic rings. The summed E-state index contributed by atoms with van der Waals surface area (Å²) < 4.78 is 13.4. The van der Waals surface area contributed by atoms with E-state index in [4.69, 9.17) is 0 Å². The second-order valence-electron chi connectivity index (χ2n) is 5.74. The summed E-state index contributed by atoms with van der Waals surface area (Å²) in [5, 5.41) is 0. The van der Waals surface area contributed by atoms with E-state index in [0.29, 0.717) is 10.2 Å². The maximum absolute atomic E-state index is 13.4. The fraction of sp³-hybridized carbons (Fsp3) is 0.625. The zero-order chi connectivity index (χ0) is 13.3. The number of benzene rings is 1. The molecule has 0 aromatic heterocycles. The van der Waals surface area contributed by atoms with Gasteiger partial charge in [-0.05, 0) is 67.3 Å². The number of alkyl halides is 1. The Balaban J connectivity index is 2.42. The third-order valence-electron chi connectivity index (χ3n) is 4.65. The highest BCUT2D eigenvalue weighted by molar-refractivity contribution is 9.09. The molecule has 0 bridgehead atoms. The van der Waals surface area contributed by atoms with Crippen LogP contribution in [-0.2, 0) is 0 Å². The number of halogens is 2. The average molecular weight is 313 g/mol. The standard InChI is InChI=1S/C16H22BrF/c1-4-16(7-5-6-8-16)15(17)14-11(2)9-13(18)10-12(14)3/h9-10,15H,4-8H2,1-3H3. The van der Waals surface area contributed by atoms with Crippen LogP contribution in [0.5, 0.6) is 0 Å². The van der Waals surface area contributed by atoms with Crippen molar-refractivity contribution in [2.24, 2.45) is 5.41 Å². The molecule has 18 heavy (non-hydrogen) atoms. The molecule has 0 saturated heterocycles. The van der Waals surface area contributed by atoms with Gasteiger partial charge < -0.3 is 0 Å². The molecule has 0 heterocycles. The zero-order valence-electron chi connectivity index (χ0n) is 11.5. The number of aryl methyl sites for hydroxylation is 2. The van der Waals surface area contributed by atoms with Gasteiger partial charge in [0.15, 0.2) is 0 Å². The molecule has 0 radical (unpaired) electrons. The number of rotatable bonds is 3. The molecule has 0 nitrogen and oxygen atoms in total. The lowest BCUT2D eigenvalue weighted by molar-refractivity contribution is 0.278. The summed E-state index contributed by atoms with van der Waals surface area (Å²) in [7, 11) is 0. The molecule has 1 saturated carbocycles. The SMILES string of the molecule is CCC1(C(Br)c2c(C)cc(F)cc2C)CCCC1. The van der Waals surface area contributed by atoms with Gasteiger partial charge in [0.2, 0.25) is 0 Å². The molecule has 100 valence electrons. The van der Waals surface area contributed by atoms with Gasteiger partial charge in [-0.1, -0.05) is 35.7 Å². The highest BCUT2D eigenvalue weighted by atomic mass is 79.9. The van der Waals surface area contributed by atoms with Gasteiger partial charge in [-0.25, -0.2) is 4.39 Å². The van der Waals surface area contributed by atoms with Crippen LogP contribution >= 0.6 is 15.9 Å². The van der Waals surface area contributed by atoms with E-state index in [1.807, 2.05) is 13.8 Å². The van der Waals surface area contributed by atoms with Crippen LogP contribution in [0.3, 0.4) is 0 Å². The third kappa shape index (κ3) is 2.36. The van der Waals surface area contributed by atoms with Crippen LogP contribution in [0.2, 0.25) is 0 Å². The summed E-state index contributed by atoms with van der Waals surface area (Å²) >= 11 is 3.93. The van der Waals surface area contributed by atoms with Crippen LogP contribution in [0.4, 0.5) is 4.39 Å². The molecule has 1 atom stereocenters. The lowest BCUT2D eigenvalue weighted by atomic mass is 9.76. The predicted octanol–water partition coefficient (Wildman–Crippen LogP) is 5.85. The monoisotopic (exact) mass is 312 g/mol. The van der Waals surface area contributed by atoms with Gasteiger partial charge in [-0.3, -0.25) is 0 Å². The van der Waals surface area contributed by atoms with E-state index in [1.54, 1.807) is 12.1 Å². The van der Waals surface area contributed by atoms with Crippen molar-refractivity contribution < 1.29 is 4.39 Å². The van der Waals surface area contributed by atoms with Crippen molar-refractivity contribution in [2.75, 3.05) is 0 Å². The summed E-state index contributed by atoms with van der Waals surface area (Å²) in [6, 6.07) is 3.32. The van der Waals surface area contributed by atoms with Gasteiger partial charge >= 0.3 is 0 Å². The number of hydrogen-bond acceptors (Lipinski definition) is 0. The van der Waals surface area contributed by atoms with E-state index in [9.17, 15) is 4.39 Å². The Hall–Kier alpha value is -0.370. The second-order valence-corrected chi connectivity index (χ2v) is 6.65. The summed E-state index contributed by atoms with van der Waals surface area (Å²) in [6.07, 6.45) is 6.43. The van der Waals surface area contributed by atoms with Crippen LogP contribution in [0.15, 0.2) is 12.1 Å². The van der Waals surface area contributed by atoms with Crippen LogP contribution in [0, 0.1) is 25.1 Å². The highest BCUT2D eigenvalue weighted by Crippen LogP contribution is 2.55. The summed E-state index contributed by atoms with van der Waals surface area (Å²) in [6.45, 7) is 6.34. The van der Waals surface area contributed by atoms with Crippen molar-refractivity contribution in [3.05, 3.63) is 34.6 Å². The Labute approximate surface area is 118 Å². The molecule has 0 spiro atoms. The second kappa shape index (κ2) is 5.32. The molecule has 1 aromatic rings. The molecule has 1 aliphatic carbocycles. The molecule has 2 heteroatoms. The van der Waals surface area contributed by atoms with Crippen LogP contribution in [0.25, 0.3) is 0 Å². The molecule has 0 N–H and O–H groups in total. The Kier molecular flexibility index (Phi) is 4.15. The minimum absolute atomic E-state index is 0.120. The topological polar surface area (TPSA) is 0 Å². The Bertz CT molecular complexity index is 410. The van der Waals surface area contributed by atoms with E-state index < -0.39 is 0 Å². The average Bonchev–Trinajstić information content (AvgIpc) is 2.77. The lowest BCUT2D eigenvalue weighted by Crippen LogP contribution is -2.22. The Morgan fingerprint density at radius 1 is 1.22 bits per heavy atom. The minimum atomic E-state index is -0.120. The highest BCUT2D eigenvalue weighted by Gasteiger charge is 2.40. The Morgan fingerprint density at radius 3 is 2.17 bits per heavy atom. The van der Waals surface area contributed by atoms with E-state index in [-0.39, 0.29) is 5.82 Å². The first kappa shape index (κ1) is 14.0. The van der Waals surface area contributed by atoms with Crippen LogP contribution < -0.4 is 0 Å². The normalized spacial score (nSPS) is 20.1. The van der Waals surface area contributed by atoms with Crippen molar-refractivity contribution in [2.45, 2.75) is 57.7 Å². The van der Waals surface area contributed by atoms with E-state index in [0.717, 1.165) is 11.1 Å². The molecule has 1 fully saturated rings. The maximum Gasteiger partial charge on any atom is 0.123 e. The zero-order valence-corrected chi connectivity index (χ0v) is 13.1. The maximum atomic E-state index is 13.4. The molecule has 2 rings (SSSR count). The first-order valence-corrected chi connectivity index (χ1v) is 7.82. The van der Waals surface area contributed by atoms with Gasteiger partial charge in [-0.15, -0.1) is 0 Å². The minimum Gasteiger partial charge on any atom is -0.207 e. The molecule has 1 unspecified atom stereocenters. The van der Waals surface area contributed by atoms with Crippen LogP contribution in [0.1, 0.15) is 60.5 Å². The third-order valence-corrected chi connectivity index (χ3v) is 6.08. The van der Waals surface area contributed by atoms with Gasteiger partial charge in [0.1, 0.15) is 5.82 Å². The predicted molar refractivity (Wildman–Crippen MR) is 78.7 cm³/mol. The van der Waals surface area contributed by atoms with Crippen LogP contribution in [-0.4, -0.2) is 0 Å². The van der Waals surface area contributed by atoms with Gasteiger partial charge in [0.25, 0.3) is 0 Å². The van der Waals surface area contributed by atoms with Crippen molar-refractivity contribution >= 4 is 15.9 Å². The van der Waals surface area contributed by atoms with E-state index in [2.05, 4.69) is 22.9 Å². The molecular weight excluding hydrogens is 291 g/mol. The summed E-state index contributed by atoms with van der Waals surface area (Å²) in [4.78, 5) is 0.359. The smallest absolute Gasteiger partial charge is 0.123 e. The number of hydrogen-bond donors (Lipinski definition) is 0. The first-order valence-electron chi connectivity index (χ1n) is 6.91. The van der Waals surface area contributed by atoms with Crippen molar-refractivity contribution in [1.82, 2.24) is 0 Å². The van der Waals surface area contributed by atoms with Gasteiger partial charge in [-0.2, -0.15) is 0 Å². The Morgan fingerprint density at radius 2 is 1.72 bits per heavy atom. The summed E-state index contributed by atoms with van der Waals surface area (Å²) in [5.74, 6) is -0.120. The van der Waals surface area contributed by atoms with Crippen molar-refractivity contribution in [1.29, 1.82) is 0 Å². The fourth-order valence-corrected chi connectivity index (χ4v) is 5.00. The van der Waals surface area contributed by atoms with E-state index in [1.165, 1.54) is 37.7 Å². The quantitative estimate of drug-likeness (QED) is 0.614. The molecular formula is C16H22BrF. The first-order chi connectivity index (χ1) is 8.50. The largest absolute Gasteiger partial charge is 0.207 e. The van der Waals surface area contributed by atoms with Crippen molar-refractivity contribution in [3.8, 4) is 0 Å². The van der Waals surface area contributed by atoms with Gasteiger partial charge in [0, 0.05) is 4.83 Å². The van der Waals surface area contributed by atoms with Crippen molar-refractivity contribution in [3.63, 3.8) is 0 Å². The summed E-state index contributed by atoms with van der Waals surface area (Å²) in [5.41, 5.74) is 3.83. The molecule has 0 amide bonds. The molecule has 0 aliphatic heterocycles. The molecule has 1 aromatic carbocycles. The van der Waals surface area contributed by atoms with Gasteiger partial charge in [0.05, 0.1) is 0 Å². The lowest BCUT2D eigenvalue weighted by Gasteiger charge is -2.35. The fourth-order valence-electron chi connectivity index (χ4n) is 3.49. The van der Waals surface area contributed by atoms with E-state index >= 15 is 0 Å².